The lowest BCUT2D eigenvalue weighted by Gasteiger charge is -2.04. The number of carbonyl (C=O) groups is 2. The number of ether oxygens (including phenoxy) is 1. The van der Waals surface area contributed by atoms with Gasteiger partial charge in [0, 0.05) is 19.4 Å². The van der Waals surface area contributed by atoms with Gasteiger partial charge in [-0.1, -0.05) is 13.3 Å². The monoisotopic (exact) mass is 247 g/mol. The molecular weight excluding hydrogens is 226 g/mol. The minimum atomic E-state index is -0.197. The molecule has 0 aromatic carbocycles. The van der Waals surface area contributed by atoms with Crippen LogP contribution in [0.3, 0.4) is 0 Å². The second kappa shape index (κ2) is 10.8. The summed E-state index contributed by atoms with van der Waals surface area (Å²) in [6.45, 7) is 2.60. The highest BCUT2D eigenvalue weighted by atomic mass is 32.2. The van der Waals surface area contributed by atoms with E-state index < -0.39 is 0 Å². The van der Waals surface area contributed by atoms with E-state index in [1.54, 1.807) is 0 Å². The molecule has 4 nitrogen and oxygen atoms in total. The molecule has 1 amide bonds. The number of hydrogen-bond acceptors (Lipinski definition) is 4. The van der Waals surface area contributed by atoms with Crippen LogP contribution in [0.25, 0.3) is 0 Å². The van der Waals surface area contributed by atoms with Crippen molar-refractivity contribution >= 4 is 23.6 Å². The number of esters is 1. The number of carbonyl (C=O) groups excluding carboxylic acids is 2. The SMILES string of the molecule is CCCCC(=O)NCCCC(=O)OCSC. The zero-order valence-corrected chi connectivity index (χ0v) is 10.9. The van der Waals surface area contributed by atoms with Gasteiger partial charge in [-0.25, -0.2) is 0 Å². The average molecular weight is 247 g/mol. The zero-order chi connectivity index (χ0) is 12.2. The number of thioether (sulfide) groups is 1. The predicted octanol–water partition coefficient (Wildman–Crippen LogP) is 1.94. The zero-order valence-electron chi connectivity index (χ0n) is 10.1. The van der Waals surface area contributed by atoms with Crippen LogP contribution in [-0.4, -0.2) is 30.6 Å². The molecule has 0 fully saturated rings. The third-order valence-corrected chi connectivity index (χ3v) is 2.33. The molecule has 0 heterocycles. The molecule has 94 valence electrons. The Hall–Kier alpha value is -0.710. The fourth-order valence-corrected chi connectivity index (χ4v) is 1.33. The lowest BCUT2D eigenvalue weighted by atomic mass is 10.2. The van der Waals surface area contributed by atoms with Gasteiger partial charge in [-0.3, -0.25) is 9.59 Å². The summed E-state index contributed by atoms with van der Waals surface area (Å²) in [5, 5.41) is 2.78. The third kappa shape index (κ3) is 9.83. The molecule has 16 heavy (non-hydrogen) atoms. The minimum absolute atomic E-state index is 0.0688. The molecule has 0 rings (SSSR count). The lowest BCUT2D eigenvalue weighted by Crippen LogP contribution is -2.24. The molecule has 0 atom stereocenters. The van der Waals surface area contributed by atoms with Crippen molar-refractivity contribution < 1.29 is 14.3 Å². The fraction of sp³-hybridized carbons (Fsp3) is 0.818. The molecular formula is C11H21NO3S. The first-order chi connectivity index (χ1) is 7.70. The van der Waals surface area contributed by atoms with Crippen LogP contribution in [0.4, 0.5) is 0 Å². The number of hydrogen-bond donors (Lipinski definition) is 1. The van der Waals surface area contributed by atoms with E-state index in [4.69, 9.17) is 4.74 Å². The van der Waals surface area contributed by atoms with Gasteiger partial charge in [0.15, 0.2) is 0 Å². The van der Waals surface area contributed by atoms with Gasteiger partial charge in [0.25, 0.3) is 0 Å². The first kappa shape index (κ1) is 15.3. The highest BCUT2D eigenvalue weighted by molar-refractivity contribution is 7.98. The normalized spacial score (nSPS) is 9.88. The number of nitrogens with one attached hydrogen (secondary N) is 1. The van der Waals surface area contributed by atoms with Crippen LogP contribution in [0.15, 0.2) is 0 Å². The molecule has 0 saturated heterocycles. The molecule has 0 aliphatic rings. The highest BCUT2D eigenvalue weighted by Gasteiger charge is 2.03. The standard InChI is InChI=1S/C11H21NO3S/c1-3-4-6-10(13)12-8-5-7-11(14)15-9-16-2/h3-9H2,1-2H3,(H,12,13). The van der Waals surface area contributed by atoms with Crippen molar-refractivity contribution in [3.05, 3.63) is 0 Å². The Balaban J connectivity index is 3.31. The summed E-state index contributed by atoms with van der Waals surface area (Å²) in [6, 6.07) is 0. The lowest BCUT2D eigenvalue weighted by molar-refractivity contribution is -0.141. The van der Waals surface area contributed by atoms with Gasteiger partial charge in [-0.15, -0.1) is 11.8 Å². The summed E-state index contributed by atoms with van der Waals surface area (Å²) in [5.74, 6) is 0.276. The average Bonchev–Trinajstić information content (AvgIpc) is 2.29. The fourth-order valence-electron chi connectivity index (χ4n) is 1.08. The maximum Gasteiger partial charge on any atom is 0.306 e. The maximum absolute atomic E-state index is 11.2. The van der Waals surface area contributed by atoms with Crippen LogP contribution in [0.1, 0.15) is 39.0 Å². The molecule has 0 aromatic rings. The van der Waals surface area contributed by atoms with Crippen molar-refractivity contribution in [3.8, 4) is 0 Å². The van der Waals surface area contributed by atoms with Gasteiger partial charge in [-0.05, 0) is 19.1 Å². The second-order valence-corrected chi connectivity index (χ2v) is 4.29. The molecule has 0 aliphatic heterocycles. The molecule has 0 saturated carbocycles. The Morgan fingerprint density at radius 3 is 2.62 bits per heavy atom. The Bertz CT molecular complexity index is 187. The van der Waals surface area contributed by atoms with Crippen molar-refractivity contribution in [2.75, 3.05) is 18.7 Å². The van der Waals surface area contributed by atoms with Crippen LogP contribution in [0, 0.1) is 0 Å². The Labute approximate surface area is 101 Å². The van der Waals surface area contributed by atoms with E-state index in [9.17, 15) is 9.59 Å². The van der Waals surface area contributed by atoms with Gasteiger partial charge < -0.3 is 10.1 Å². The van der Waals surface area contributed by atoms with Gasteiger partial charge in [0.1, 0.15) is 5.94 Å². The van der Waals surface area contributed by atoms with Crippen molar-refractivity contribution in [2.24, 2.45) is 0 Å². The molecule has 0 unspecified atom stereocenters. The smallest absolute Gasteiger partial charge is 0.306 e. The van der Waals surface area contributed by atoms with Gasteiger partial charge in [-0.2, -0.15) is 0 Å². The van der Waals surface area contributed by atoms with Gasteiger partial charge in [0.05, 0.1) is 0 Å². The predicted molar refractivity (Wildman–Crippen MR) is 66.2 cm³/mol. The number of amides is 1. The summed E-state index contributed by atoms with van der Waals surface area (Å²) in [5.41, 5.74) is 0. The second-order valence-electron chi connectivity index (χ2n) is 3.48. The van der Waals surface area contributed by atoms with Gasteiger partial charge >= 0.3 is 5.97 Å². The first-order valence-electron chi connectivity index (χ1n) is 5.62. The van der Waals surface area contributed by atoms with Crippen LogP contribution < -0.4 is 5.32 Å². The van der Waals surface area contributed by atoms with Gasteiger partial charge in [0.2, 0.25) is 5.91 Å². The largest absolute Gasteiger partial charge is 0.455 e. The molecule has 0 aliphatic carbocycles. The summed E-state index contributed by atoms with van der Waals surface area (Å²) in [6.07, 6.45) is 5.41. The first-order valence-corrected chi connectivity index (χ1v) is 7.01. The third-order valence-electron chi connectivity index (χ3n) is 1.98. The van der Waals surface area contributed by atoms with E-state index in [2.05, 4.69) is 12.2 Å². The summed E-state index contributed by atoms with van der Waals surface area (Å²) in [4.78, 5) is 22.3. The number of rotatable bonds is 9. The van der Waals surface area contributed by atoms with E-state index in [-0.39, 0.29) is 11.9 Å². The molecule has 0 bridgehead atoms. The summed E-state index contributed by atoms with van der Waals surface area (Å²) >= 11 is 1.47. The van der Waals surface area contributed by atoms with Crippen LogP contribution in [0.5, 0.6) is 0 Å². The van der Waals surface area contributed by atoms with E-state index in [1.165, 1.54) is 11.8 Å². The summed E-state index contributed by atoms with van der Waals surface area (Å²) < 4.78 is 4.87. The van der Waals surface area contributed by atoms with E-state index in [0.717, 1.165) is 12.8 Å². The van der Waals surface area contributed by atoms with Crippen molar-refractivity contribution in [1.82, 2.24) is 5.32 Å². The van der Waals surface area contributed by atoms with Crippen molar-refractivity contribution in [2.45, 2.75) is 39.0 Å². The van der Waals surface area contributed by atoms with Crippen LogP contribution >= 0.6 is 11.8 Å². The molecule has 0 radical (unpaired) electrons. The highest BCUT2D eigenvalue weighted by Crippen LogP contribution is 1.98. The van der Waals surface area contributed by atoms with Crippen LogP contribution in [-0.2, 0) is 14.3 Å². The Morgan fingerprint density at radius 1 is 1.25 bits per heavy atom. The van der Waals surface area contributed by atoms with E-state index >= 15 is 0 Å². The quantitative estimate of drug-likeness (QED) is 0.384. The maximum atomic E-state index is 11.2. The molecule has 5 heteroatoms. The van der Waals surface area contributed by atoms with E-state index in [1.807, 2.05) is 6.26 Å². The van der Waals surface area contributed by atoms with E-state index in [0.29, 0.717) is 31.7 Å². The summed E-state index contributed by atoms with van der Waals surface area (Å²) in [7, 11) is 0. The molecule has 0 aromatic heterocycles. The topological polar surface area (TPSA) is 55.4 Å². The Morgan fingerprint density at radius 2 is 2.00 bits per heavy atom. The van der Waals surface area contributed by atoms with Crippen molar-refractivity contribution in [3.63, 3.8) is 0 Å². The molecule has 0 spiro atoms. The minimum Gasteiger partial charge on any atom is -0.455 e. The van der Waals surface area contributed by atoms with Crippen LogP contribution in [0.2, 0.25) is 0 Å². The van der Waals surface area contributed by atoms with Crippen molar-refractivity contribution in [1.29, 1.82) is 0 Å². The number of unbranched alkanes of at least 4 members (excludes halogenated alkanes) is 1. The molecule has 1 N–H and O–H groups in total. The Kier molecular flexibility index (Phi) is 10.3.